The Kier molecular flexibility index (Phi) is 6.56. The van der Waals surface area contributed by atoms with Crippen LogP contribution in [-0.4, -0.2) is 24.9 Å². The minimum absolute atomic E-state index is 0.0569. The molecule has 0 aliphatic heterocycles. The predicted octanol–water partition coefficient (Wildman–Crippen LogP) is 3.80. The van der Waals surface area contributed by atoms with Gasteiger partial charge in [0.25, 0.3) is 10.1 Å². The van der Waals surface area contributed by atoms with Gasteiger partial charge < -0.3 is 5.73 Å². The van der Waals surface area contributed by atoms with Crippen molar-refractivity contribution in [3.05, 3.63) is 28.8 Å². The van der Waals surface area contributed by atoms with Gasteiger partial charge in [0.1, 0.15) is 5.75 Å². The van der Waals surface area contributed by atoms with Gasteiger partial charge in [0.05, 0.1) is 0 Å². The van der Waals surface area contributed by atoms with E-state index in [1.165, 1.54) is 6.07 Å². The SMILES string of the molecule is CCCCC#C[C@](CS(=O)(=O)O)(c1cc(Cl)ccc1N)C(F)(F)F. The van der Waals surface area contributed by atoms with Crippen LogP contribution < -0.4 is 5.73 Å². The first-order valence-electron chi connectivity index (χ1n) is 7.00. The van der Waals surface area contributed by atoms with Crippen LogP contribution in [0.15, 0.2) is 18.2 Å². The van der Waals surface area contributed by atoms with Crippen molar-refractivity contribution >= 4 is 27.4 Å². The molecule has 3 N–H and O–H groups in total. The number of anilines is 1. The largest absolute Gasteiger partial charge is 0.410 e. The average molecular weight is 384 g/mol. The molecule has 0 heterocycles. The van der Waals surface area contributed by atoms with E-state index in [1.807, 2.05) is 12.8 Å². The Balaban J connectivity index is 3.68. The third-order valence-electron chi connectivity index (χ3n) is 3.32. The summed E-state index contributed by atoms with van der Waals surface area (Å²) in [5.74, 6) is 2.69. The summed E-state index contributed by atoms with van der Waals surface area (Å²) in [6.45, 7) is 1.84. The van der Waals surface area contributed by atoms with Gasteiger partial charge >= 0.3 is 6.18 Å². The summed E-state index contributed by atoms with van der Waals surface area (Å²) in [7, 11) is -5.01. The number of nitrogens with two attached hydrogens (primary N) is 1. The van der Waals surface area contributed by atoms with E-state index in [1.54, 1.807) is 0 Å². The fourth-order valence-electron chi connectivity index (χ4n) is 2.14. The zero-order valence-electron chi connectivity index (χ0n) is 12.8. The van der Waals surface area contributed by atoms with Crippen molar-refractivity contribution < 1.29 is 26.1 Å². The molecule has 1 aromatic carbocycles. The van der Waals surface area contributed by atoms with Gasteiger partial charge in [-0.15, -0.1) is 5.92 Å². The first-order valence-corrected chi connectivity index (χ1v) is 8.99. The zero-order chi connectivity index (χ0) is 18.6. The van der Waals surface area contributed by atoms with E-state index in [-0.39, 0.29) is 17.1 Å². The fraction of sp³-hybridized carbons (Fsp3) is 0.467. The number of unbranched alkanes of at least 4 members (excludes halogenated alkanes) is 2. The molecule has 134 valence electrons. The van der Waals surface area contributed by atoms with Crippen molar-refractivity contribution in [2.24, 2.45) is 0 Å². The number of nitrogen functional groups attached to an aromatic ring is 1. The molecule has 0 aromatic heterocycles. The second kappa shape index (κ2) is 7.64. The Bertz CT molecular complexity index is 753. The van der Waals surface area contributed by atoms with Crippen LogP contribution in [0.2, 0.25) is 5.02 Å². The van der Waals surface area contributed by atoms with Gasteiger partial charge in [-0.3, -0.25) is 4.55 Å². The minimum atomic E-state index is -5.10. The number of halogens is 4. The molecule has 1 rings (SSSR count). The lowest BCUT2D eigenvalue weighted by Crippen LogP contribution is -2.47. The molecule has 24 heavy (non-hydrogen) atoms. The zero-order valence-corrected chi connectivity index (χ0v) is 14.4. The van der Waals surface area contributed by atoms with E-state index in [4.69, 9.17) is 21.9 Å². The third-order valence-corrected chi connectivity index (χ3v) is 4.35. The Morgan fingerprint density at radius 2 is 1.96 bits per heavy atom. The molecular formula is C15H17ClF3NO3S. The summed E-state index contributed by atoms with van der Waals surface area (Å²) in [4.78, 5) is 0. The maximum absolute atomic E-state index is 13.8. The van der Waals surface area contributed by atoms with E-state index in [9.17, 15) is 21.6 Å². The Morgan fingerprint density at radius 1 is 1.33 bits per heavy atom. The van der Waals surface area contributed by atoms with Crippen LogP contribution in [0.4, 0.5) is 18.9 Å². The second-order valence-corrected chi connectivity index (χ2v) is 7.16. The molecule has 0 radical (unpaired) electrons. The smallest absolute Gasteiger partial charge is 0.398 e. The predicted molar refractivity (Wildman–Crippen MR) is 87.3 cm³/mol. The number of benzene rings is 1. The monoisotopic (exact) mass is 383 g/mol. The summed E-state index contributed by atoms with van der Waals surface area (Å²) in [6, 6.07) is 3.33. The van der Waals surface area contributed by atoms with Crippen LogP contribution in [0.1, 0.15) is 31.7 Å². The highest BCUT2D eigenvalue weighted by Crippen LogP contribution is 2.44. The molecule has 0 saturated heterocycles. The maximum Gasteiger partial charge on any atom is 0.410 e. The summed E-state index contributed by atoms with van der Waals surface area (Å²) in [6.07, 6.45) is -3.68. The topological polar surface area (TPSA) is 80.4 Å². The average Bonchev–Trinajstić information content (AvgIpc) is 2.42. The molecule has 0 unspecified atom stereocenters. The standard InChI is InChI=1S/C15H17ClF3NO3S/c1-2-3-4-5-8-14(15(17,18)19,10-24(21,22)23)12-9-11(16)6-7-13(12)20/h6-7,9H,2-4,10,20H2,1H3,(H,21,22,23)/t14-/m0/s1. The molecule has 0 saturated carbocycles. The number of rotatable bonds is 5. The normalized spacial score (nSPS) is 14.6. The Hall–Kier alpha value is -1.43. The molecule has 4 nitrogen and oxygen atoms in total. The molecule has 1 aromatic rings. The van der Waals surface area contributed by atoms with Crippen LogP contribution in [0.25, 0.3) is 0 Å². The van der Waals surface area contributed by atoms with Gasteiger partial charge in [0, 0.05) is 22.7 Å². The van der Waals surface area contributed by atoms with Gasteiger partial charge in [0.2, 0.25) is 0 Å². The van der Waals surface area contributed by atoms with Gasteiger partial charge in [-0.1, -0.05) is 30.9 Å². The van der Waals surface area contributed by atoms with E-state index in [0.29, 0.717) is 12.8 Å². The van der Waals surface area contributed by atoms with Crippen LogP contribution in [0.3, 0.4) is 0 Å². The second-order valence-electron chi connectivity index (χ2n) is 5.27. The molecule has 0 bridgehead atoms. The van der Waals surface area contributed by atoms with Crippen molar-refractivity contribution in [2.45, 2.75) is 37.8 Å². The molecule has 0 aliphatic rings. The van der Waals surface area contributed by atoms with E-state index < -0.39 is 33.0 Å². The molecule has 0 aliphatic carbocycles. The summed E-state index contributed by atoms with van der Waals surface area (Å²) in [5.41, 5.74) is 1.55. The van der Waals surface area contributed by atoms with Gasteiger partial charge in [0.15, 0.2) is 5.41 Å². The minimum Gasteiger partial charge on any atom is -0.398 e. The maximum atomic E-state index is 13.8. The molecular weight excluding hydrogens is 367 g/mol. The first-order chi connectivity index (χ1) is 10.9. The lowest BCUT2D eigenvalue weighted by molar-refractivity contribution is -0.167. The molecule has 0 amide bonds. The number of hydrogen-bond acceptors (Lipinski definition) is 3. The van der Waals surface area contributed by atoms with Crippen molar-refractivity contribution in [3.8, 4) is 11.8 Å². The van der Waals surface area contributed by atoms with Crippen molar-refractivity contribution in [2.75, 3.05) is 11.5 Å². The highest BCUT2D eigenvalue weighted by Gasteiger charge is 2.58. The first kappa shape index (κ1) is 20.6. The Labute approximate surface area is 143 Å². The van der Waals surface area contributed by atoms with Crippen molar-refractivity contribution in [3.63, 3.8) is 0 Å². The lowest BCUT2D eigenvalue weighted by atomic mass is 9.81. The van der Waals surface area contributed by atoms with Crippen molar-refractivity contribution in [1.82, 2.24) is 0 Å². The molecule has 9 heteroatoms. The van der Waals surface area contributed by atoms with E-state index >= 15 is 0 Å². The third kappa shape index (κ3) is 5.03. The Morgan fingerprint density at radius 3 is 2.46 bits per heavy atom. The van der Waals surface area contributed by atoms with Crippen LogP contribution >= 0.6 is 11.6 Å². The van der Waals surface area contributed by atoms with Crippen LogP contribution in [0, 0.1) is 11.8 Å². The highest BCUT2D eigenvalue weighted by molar-refractivity contribution is 7.85. The number of hydrogen-bond donors (Lipinski definition) is 2. The van der Waals surface area contributed by atoms with Crippen molar-refractivity contribution in [1.29, 1.82) is 0 Å². The highest BCUT2D eigenvalue weighted by atomic mass is 35.5. The summed E-state index contributed by atoms with van der Waals surface area (Å²) < 4.78 is 73.1. The fourth-order valence-corrected chi connectivity index (χ4v) is 3.25. The van der Waals surface area contributed by atoms with Crippen LogP contribution in [0.5, 0.6) is 0 Å². The molecule has 0 fully saturated rings. The number of alkyl halides is 3. The van der Waals surface area contributed by atoms with Crippen LogP contribution in [-0.2, 0) is 15.5 Å². The lowest BCUT2D eigenvalue weighted by Gasteiger charge is -2.31. The van der Waals surface area contributed by atoms with E-state index in [0.717, 1.165) is 12.1 Å². The summed E-state index contributed by atoms with van der Waals surface area (Å²) >= 11 is 5.74. The molecule has 0 spiro atoms. The van der Waals surface area contributed by atoms with E-state index in [2.05, 4.69) is 5.92 Å². The van der Waals surface area contributed by atoms with Gasteiger partial charge in [-0.25, -0.2) is 0 Å². The van der Waals surface area contributed by atoms with Gasteiger partial charge in [-0.05, 0) is 24.6 Å². The molecule has 1 atom stereocenters. The quantitative estimate of drug-likeness (QED) is 0.351. The summed E-state index contributed by atoms with van der Waals surface area (Å²) in [5, 5.41) is -0.0569. The van der Waals surface area contributed by atoms with Gasteiger partial charge in [-0.2, -0.15) is 21.6 Å².